The predicted molar refractivity (Wildman–Crippen MR) is 103 cm³/mol. The SMILES string of the molecule is O=C(c1nn(CC2CCCO2)c2c1CSc1ccccc1-2)N1CCOCC1. The van der Waals surface area contributed by atoms with Gasteiger partial charge >= 0.3 is 0 Å². The molecular weight excluding hydrogens is 362 g/mol. The first-order valence-electron chi connectivity index (χ1n) is 9.62. The lowest BCUT2D eigenvalue weighted by atomic mass is 10.0. The first-order chi connectivity index (χ1) is 13.3. The second-order valence-electron chi connectivity index (χ2n) is 7.18. The third-order valence-corrected chi connectivity index (χ3v) is 6.57. The Morgan fingerprint density at radius 1 is 1.22 bits per heavy atom. The highest BCUT2D eigenvalue weighted by atomic mass is 32.2. The molecule has 27 heavy (non-hydrogen) atoms. The number of hydrogen-bond acceptors (Lipinski definition) is 5. The smallest absolute Gasteiger partial charge is 0.274 e. The molecule has 2 saturated heterocycles. The molecule has 0 radical (unpaired) electrons. The number of fused-ring (bicyclic) bond motifs is 3. The minimum atomic E-state index is 0.0284. The minimum Gasteiger partial charge on any atom is -0.378 e. The van der Waals surface area contributed by atoms with Gasteiger partial charge in [0.1, 0.15) is 0 Å². The van der Waals surface area contributed by atoms with E-state index < -0.39 is 0 Å². The standard InChI is InChI=1S/C20H23N3O3S/c24-20(22-7-10-25-11-8-22)18-16-13-27-17-6-2-1-5-15(17)19(16)23(21-18)12-14-4-3-9-26-14/h1-2,5-6,14H,3-4,7-13H2. The fraction of sp³-hybridized carbons (Fsp3) is 0.500. The number of carbonyl (C=O) groups is 1. The van der Waals surface area contributed by atoms with E-state index in [1.807, 2.05) is 9.58 Å². The lowest BCUT2D eigenvalue weighted by molar-refractivity contribution is 0.0297. The molecule has 0 spiro atoms. The number of carbonyl (C=O) groups excluding carboxylic acids is 1. The van der Waals surface area contributed by atoms with E-state index in [2.05, 4.69) is 24.3 Å². The van der Waals surface area contributed by atoms with Crippen molar-refractivity contribution in [3.05, 3.63) is 35.5 Å². The van der Waals surface area contributed by atoms with Gasteiger partial charge in [0.05, 0.1) is 31.6 Å². The second kappa shape index (κ2) is 7.30. The summed E-state index contributed by atoms with van der Waals surface area (Å²) in [5, 5.41) is 4.82. The number of nitrogens with zero attached hydrogens (tertiary/aromatic N) is 3. The van der Waals surface area contributed by atoms with E-state index in [1.54, 1.807) is 11.8 Å². The van der Waals surface area contributed by atoms with Gasteiger partial charge in [0.15, 0.2) is 5.69 Å². The molecule has 6 nitrogen and oxygen atoms in total. The number of rotatable bonds is 3. The molecule has 142 valence electrons. The van der Waals surface area contributed by atoms with Crippen LogP contribution in [0.5, 0.6) is 0 Å². The molecule has 3 aliphatic heterocycles. The summed E-state index contributed by atoms with van der Waals surface area (Å²) in [5.74, 6) is 0.809. The van der Waals surface area contributed by atoms with Gasteiger partial charge in [0.25, 0.3) is 5.91 Å². The van der Waals surface area contributed by atoms with Crippen LogP contribution in [0.15, 0.2) is 29.2 Å². The number of amides is 1. The molecule has 1 atom stereocenters. The van der Waals surface area contributed by atoms with Crippen LogP contribution in [-0.4, -0.2) is 59.6 Å². The summed E-state index contributed by atoms with van der Waals surface area (Å²) < 4.78 is 13.3. The Hall–Kier alpha value is -1.83. The molecule has 1 aromatic heterocycles. The summed E-state index contributed by atoms with van der Waals surface area (Å²) in [5.41, 5.74) is 3.94. The Morgan fingerprint density at radius 2 is 2.07 bits per heavy atom. The van der Waals surface area contributed by atoms with Gasteiger partial charge < -0.3 is 14.4 Å². The molecule has 0 aliphatic carbocycles. The third-order valence-electron chi connectivity index (χ3n) is 5.47. The fourth-order valence-electron chi connectivity index (χ4n) is 4.08. The molecule has 7 heteroatoms. The molecule has 2 fully saturated rings. The summed E-state index contributed by atoms with van der Waals surface area (Å²) in [6.45, 7) is 3.99. The average Bonchev–Trinajstić information content (AvgIpc) is 3.36. The van der Waals surface area contributed by atoms with Gasteiger partial charge in [-0.3, -0.25) is 9.48 Å². The number of aromatic nitrogens is 2. The summed E-state index contributed by atoms with van der Waals surface area (Å²) >= 11 is 1.79. The second-order valence-corrected chi connectivity index (χ2v) is 8.20. The van der Waals surface area contributed by atoms with Crippen molar-refractivity contribution in [2.75, 3.05) is 32.9 Å². The summed E-state index contributed by atoms with van der Waals surface area (Å²) in [6.07, 6.45) is 2.33. The first kappa shape index (κ1) is 17.3. The lowest BCUT2D eigenvalue weighted by Gasteiger charge is -2.26. The normalized spacial score (nSPS) is 21.8. The van der Waals surface area contributed by atoms with Crippen molar-refractivity contribution >= 4 is 17.7 Å². The van der Waals surface area contributed by atoms with Crippen LogP contribution in [0.25, 0.3) is 11.3 Å². The molecule has 4 heterocycles. The third kappa shape index (κ3) is 3.17. The van der Waals surface area contributed by atoms with E-state index in [0.29, 0.717) is 38.5 Å². The molecule has 5 rings (SSSR count). The highest BCUT2D eigenvalue weighted by Crippen LogP contribution is 2.43. The van der Waals surface area contributed by atoms with Gasteiger partial charge in [-0.05, 0) is 18.9 Å². The lowest BCUT2D eigenvalue weighted by Crippen LogP contribution is -2.41. The van der Waals surface area contributed by atoms with E-state index in [1.165, 1.54) is 10.5 Å². The zero-order chi connectivity index (χ0) is 18.2. The molecular formula is C20H23N3O3S. The van der Waals surface area contributed by atoms with Crippen molar-refractivity contribution in [1.82, 2.24) is 14.7 Å². The van der Waals surface area contributed by atoms with Crippen LogP contribution in [0.1, 0.15) is 28.9 Å². The number of hydrogen-bond donors (Lipinski definition) is 0. The maximum absolute atomic E-state index is 13.2. The average molecular weight is 385 g/mol. The van der Waals surface area contributed by atoms with E-state index >= 15 is 0 Å². The highest BCUT2D eigenvalue weighted by Gasteiger charge is 2.32. The van der Waals surface area contributed by atoms with Crippen molar-refractivity contribution in [2.24, 2.45) is 0 Å². The fourth-order valence-corrected chi connectivity index (χ4v) is 5.15. The summed E-state index contributed by atoms with van der Waals surface area (Å²) in [6, 6.07) is 8.41. The molecule has 0 N–H and O–H groups in total. The Kier molecular flexibility index (Phi) is 4.67. The van der Waals surface area contributed by atoms with Gasteiger partial charge in [-0.1, -0.05) is 18.2 Å². The number of morpholine rings is 1. The topological polar surface area (TPSA) is 56.6 Å². The van der Waals surface area contributed by atoms with Crippen molar-refractivity contribution in [2.45, 2.75) is 36.1 Å². The van der Waals surface area contributed by atoms with Crippen LogP contribution in [0.2, 0.25) is 0 Å². The Bertz CT molecular complexity index is 854. The van der Waals surface area contributed by atoms with E-state index in [9.17, 15) is 4.79 Å². The molecule has 0 bridgehead atoms. The van der Waals surface area contributed by atoms with Gasteiger partial charge in [0.2, 0.25) is 0 Å². The van der Waals surface area contributed by atoms with Crippen molar-refractivity contribution in [3.63, 3.8) is 0 Å². The Morgan fingerprint density at radius 3 is 2.89 bits per heavy atom. The van der Waals surface area contributed by atoms with Crippen molar-refractivity contribution in [3.8, 4) is 11.3 Å². The van der Waals surface area contributed by atoms with Crippen LogP contribution >= 0.6 is 11.8 Å². The van der Waals surface area contributed by atoms with Gasteiger partial charge in [-0.25, -0.2) is 0 Å². The predicted octanol–water partition coefficient (Wildman–Crippen LogP) is 2.81. The number of ether oxygens (including phenoxy) is 2. The quantitative estimate of drug-likeness (QED) is 0.813. The maximum Gasteiger partial charge on any atom is 0.274 e. The monoisotopic (exact) mass is 385 g/mol. The Balaban J connectivity index is 1.56. The van der Waals surface area contributed by atoms with Crippen LogP contribution in [-0.2, 0) is 21.8 Å². The molecule has 1 amide bonds. The summed E-state index contributed by atoms with van der Waals surface area (Å²) in [7, 11) is 0. The van der Waals surface area contributed by atoms with Gasteiger partial charge in [0, 0.05) is 41.5 Å². The van der Waals surface area contributed by atoms with Crippen LogP contribution in [0.4, 0.5) is 0 Å². The van der Waals surface area contributed by atoms with Gasteiger partial charge in [-0.15, -0.1) is 11.8 Å². The zero-order valence-electron chi connectivity index (χ0n) is 15.2. The largest absolute Gasteiger partial charge is 0.378 e. The highest BCUT2D eigenvalue weighted by molar-refractivity contribution is 7.98. The van der Waals surface area contributed by atoms with Crippen LogP contribution < -0.4 is 0 Å². The minimum absolute atomic E-state index is 0.0284. The maximum atomic E-state index is 13.2. The zero-order valence-corrected chi connectivity index (χ0v) is 16.0. The van der Waals surface area contributed by atoms with E-state index in [0.717, 1.165) is 36.5 Å². The van der Waals surface area contributed by atoms with Crippen molar-refractivity contribution in [1.29, 1.82) is 0 Å². The molecule has 3 aliphatic rings. The van der Waals surface area contributed by atoms with E-state index in [-0.39, 0.29) is 12.0 Å². The summed E-state index contributed by atoms with van der Waals surface area (Å²) in [4.78, 5) is 16.3. The first-order valence-corrected chi connectivity index (χ1v) is 10.6. The van der Waals surface area contributed by atoms with Crippen molar-refractivity contribution < 1.29 is 14.3 Å². The molecule has 1 aromatic carbocycles. The molecule has 2 aromatic rings. The van der Waals surface area contributed by atoms with Crippen LogP contribution in [0.3, 0.4) is 0 Å². The van der Waals surface area contributed by atoms with Crippen LogP contribution in [0, 0.1) is 0 Å². The Labute approximate surface area is 162 Å². The number of benzene rings is 1. The molecule has 1 unspecified atom stereocenters. The number of thioether (sulfide) groups is 1. The van der Waals surface area contributed by atoms with E-state index in [4.69, 9.17) is 14.6 Å². The van der Waals surface area contributed by atoms with Gasteiger partial charge in [-0.2, -0.15) is 5.10 Å². The molecule has 0 saturated carbocycles.